The molecular weight excluding hydrogens is 260 g/mol. The Kier molecular flexibility index (Phi) is 2.57. The molecule has 0 unspecified atom stereocenters. The molecule has 2 aromatic heterocycles. The minimum atomic E-state index is -0.0139. The highest BCUT2D eigenvalue weighted by atomic mass is 16.1. The van der Waals surface area contributed by atoms with Crippen LogP contribution >= 0.6 is 0 Å². The zero-order valence-electron chi connectivity index (χ0n) is 11.2. The molecular formula is C18H12N2O. The monoisotopic (exact) mass is 272 g/mol. The maximum Gasteiger partial charge on any atom is 0.191 e. The van der Waals surface area contributed by atoms with E-state index in [1.54, 1.807) is 24.4 Å². The molecule has 4 aromatic rings. The van der Waals surface area contributed by atoms with Crippen LogP contribution in [0.1, 0.15) is 0 Å². The molecule has 21 heavy (non-hydrogen) atoms. The first-order chi connectivity index (χ1) is 10.3. The lowest BCUT2D eigenvalue weighted by atomic mass is 10.0. The zero-order chi connectivity index (χ0) is 14.2. The van der Waals surface area contributed by atoms with Gasteiger partial charge in [0, 0.05) is 12.3 Å². The van der Waals surface area contributed by atoms with E-state index >= 15 is 0 Å². The van der Waals surface area contributed by atoms with Gasteiger partial charge in [-0.3, -0.25) is 4.79 Å². The molecule has 4 rings (SSSR count). The van der Waals surface area contributed by atoms with Crippen LogP contribution in [0.3, 0.4) is 0 Å². The van der Waals surface area contributed by atoms with E-state index in [0.717, 1.165) is 16.6 Å². The predicted molar refractivity (Wildman–Crippen MR) is 85.3 cm³/mol. The molecule has 0 aliphatic heterocycles. The number of nitrogens with one attached hydrogen (secondary N) is 1. The van der Waals surface area contributed by atoms with Crippen molar-refractivity contribution in [2.45, 2.75) is 0 Å². The number of hydrogen-bond acceptors (Lipinski definition) is 2. The number of pyridine rings is 2. The summed E-state index contributed by atoms with van der Waals surface area (Å²) < 4.78 is 0. The summed E-state index contributed by atoms with van der Waals surface area (Å²) in [6, 6.07) is 19.5. The molecule has 0 spiro atoms. The summed E-state index contributed by atoms with van der Waals surface area (Å²) in [5.41, 5.74) is 2.38. The number of benzene rings is 2. The highest BCUT2D eigenvalue weighted by Gasteiger charge is 2.05. The Balaban J connectivity index is 1.97. The molecule has 0 bridgehead atoms. The Bertz CT molecular complexity index is 1020. The summed E-state index contributed by atoms with van der Waals surface area (Å²) in [6.45, 7) is 0. The van der Waals surface area contributed by atoms with Crippen LogP contribution in [0.4, 0.5) is 0 Å². The van der Waals surface area contributed by atoms with Crippen LogP contribution in [0, 0.1) is 0 Å². The Hall–Kier alpha value is -2.94. The SMILES string of the molecule is O=c1cc(-c2ccc3ccccc3c2)[nH]c2ncccc12. The number of rotatable bonds is 1. The van der Waals surface area contributed by atoms with Gasteiger partial charge in [0.25, 0.3) is 0 Å². The summed E-state index contributed by atoms with van der Waals surface area (Å²) >= 11 is 0. The Morgan fingerprint density at radius 1 is 0.857 bits per heavy atom. The number of hydrogen-bond donors (Lipinski definition) is 1. The molecule has 100 valence electrons. The molecule has 0 aliphatic rings. The van der Waals surface area contributed by atoms with Gasteiger partial charge in [-0.2, -0.15) is 0 Å². The van der Waals surface area contributed by atoms with Gasteiger partial charge in [0.15, 0.2) is 5.43 Å². The zero-order valence-corrected chi connectivity index (χ0v) is 11.2. The lowest BCUT2D eigenvalue weighted by Gasteiger charge is -2.05. The highest BCUT2D eigenvalue weighted by Crippen LogP contribution is 2.23. The summed E-state index contributed by atoms with van der Waals surface area (Å²) in [5.74, 6) is 0. The number of aromatic amines is 1. The molecule has 2 heterocycles. The molecule has 0 saturated heterocycles. The van der Waals surface area contributed by atoms with Gasteiger partial charge >= 0.3 is 0 Å². The Morgan fingerprint density at radius 2 is 1.71 bits per heavy atom. The minimum absolute atomic E-state index is 0.0139. The number of fused-ring (bicyclic) bond motifs is 2. The van der Waals surface area contributed by atoms with E-state index in [9.17, 15) is 4.79 Å². The van der Waals surface area contributed by atoms with Crippen molar-refractivity contribution in [2.75, 3.05) is 0 Å². The quantitative estimate of drug-likeness (QED) is 0.573. The fraction of sp³-hybridized carbons (Fsp3) is 0. The molecule has 3 heteroatoms. The fourth-order valence-corrected chi connectivity index (χ4v) is 2.59. The first-order valence-electron chi connectivity index (χ1n) is 6.78. The van der Waals surface area contributed by atoms with Gasteiger partial charge in [0.2, 0.25) is 0 Å². The van der Waals surface area contributed by atoms with Crippen LogP contribution in [0.15, 0.2) is 71.7 Å². The first-order valence-corrected chi connectivity index (χ1v) is 6.78. The van der Waals surface area contributed by atoms with E-state index in [0.29, 0.717) is 11.0 Å². The second-order valence-corrected chi connectivity index (χ2v) is 5.01. The molecule has 3 nitrogen and oxygen atoms in total. The van der Waals surface area contributed by atoms with Crippen LogP contribution in [-0.4, -0.2) is 9.97 Å². The van der Waals surface area contributed by atoms with Gasteiger partial charge in [0.05, 0.1) is 11.1 Å². The minimum Gasteiger partial charge on any atom is -0.339 e. The summed E-state index contributed by atoms with van der Waals surface area (Å²) in [7, 11) is 0. The van der Waals surface area contributed by atoms with Gasteiger partial charge in [-0.05, 0) is 34.5 Å². The average Bonchev–Trinajstić information content (AvgIpc) is 2.54. The smallest absolute Gasteiger partial charge is 0.191 e. The predicted octanol–water partition coefficient (Wildman–Crippen LogP) is 3.74. The molecule has 0 amide bonds. The van der Waals surface area contributed by atoms with E-state index in [1.807, 2.05) is 18.2 Å². The number of aromatic nitrogens is 2. The summed E-state index contributed by atoms with van der Waals surface area (Å²) in [6.07, 6.45) is 1.68. The Labute approximate surface area is 120 Å². The van der Waals surface area contributed by atoms with Crippen molar-refractivity contribution in [3.63, 3.8) is 0 Å². The third-order valence-corrected chi connectivity index (χ3v) is 3.66. The average molecular weight is 272 g/mol. The fourth-order valence-electron chi connectivity index (χ4n) is 2.59. The maximum atomic E-state index is 12.2. The molecule has 0 aliphatic carbocycles. The van der Waals surface area contributed by atoms with E-state index in [2.05, 4.69) is 34.2 Å². The van der Waals surface area contributed by atoms with Crippen molar-refractivity contribution in [1.82, 2.24) is 9.97 Å². The lowest BCUT2D eigenvalue weighted by Crippen LogP contribution is -2.03. The van der Waals surface area contributed by atoms with Crippen molar-refractivity contribution < 1.29 is 0 Å². The summed E-state index contributed by atoms with van der Waals surface area (Å²) in [5, 5.41) is 2.95. The maximum absolute atomic E-state index is 12.2. The summed E-state index contributed by atoms with van der Waals surface area (Å²) in [4.78, 5) is 19.6. The van der Waals surface area contributed by atoms with Crippen LogP contribution in [-0.2, 0) is 0 Å². The van der Waals surface area contributed by atoms with Crippen LogP contribution < -0.4 is 5.43 Å². The molecule has 1 N–H and O–H groups in total. The van der Waals surface area contributed by atoms with Crippen LogP contribution in [0.25, 0.3) is 33.1 Å². The molecule has 0 radical (unpaired) electrons. The lowest BCUT2D eigenvalue weighted by molar-refractivity contribution is 1.28. The van der Waals surface area contributed by atoms with Gasteiger partial charge in [-0.1, -0.05) is 36.4 Å². The largest absolute Gasteiger partial charge is 0.339 e. The van der Waals surface area contributed by atoms with Crippen molar-refractivity contribution in [1.29, 1.82) is 0 Å². The topological polar surface area (TPSA) is 45.8 Å². The van der Waals surface area contributed by atoms with Gasteiger partial charge in [0.1, 0.15) is 5.65 Å². The van der Waals surface area contributed by atoms with E-state index < -0.39 is 0 Å². The highest BCUT2D eigenvalue weighted by molar-refractivity contribution is 5.87. The molecule has 2 aromatic carbocycles. The molecule has 0 atom stereocenters. The second-order valence-electron chi connectivity index (χ2n) is 5.01. The van der Waals surface area contributed by atoms with Crippen molar-refractivity contribution in [3.05, 3.63) is 77.1 Å². The number of H-pyrrole nitrogens is 1. The van der Waals surface area contributed by atoms with Gasteiger partial charge < -0.3 is 4.98 Å². The van der Waals surface area contributed by atoms with Crippen molar-refractivity contribution in [3.8, 4) is 11.3 Å². The van der Waals surface area contributed by atoms with E-state index in [-0.39, 0.29) is 5.43 Å². The van der Waals surface area contributed by atoms with Gasteiger partial charge in [-0.25, -0.2) is 4.98 Å². The van der Waals surface area contributed by atoms with E-state index in [1.165, 1.54) is 5.39 Å². The van der Waals surface area contributed by atoms with Crippen molar-refractivity contribution >= 4 is 21.8 Å². The van der Waals surface area contributed by atoms with Crippen LogP contribution in [0.2, 0.25) is 0 Å². The normalized spacial score (nSPS) is 11.0. The standard InChI is InChI=1S/C18H12N2O/c21-17-11-16(20-18-15(17)6-3-9-19-18)14-8-7-12-4-1-2-5-13(12)10-14/h1-11H,(H,19,20,21). The van der Waals surface area contributed by atoms with Gasteiger partial charge in [-0.15, -0.1) is 0 Å². The Morgan fingerprint density at radius 3 is 2.62 bits per heavy atom. The first kappa shape index (κ1) is 11.9. The molecule has 0 fully saturated rings. The third-order valence-electron chi connectivity index (χ3n) is 3.66. The molecule has 0 saturated carbocycles. The second kappa shape index (κ2) is 4.56. The van der Waals surface area contributed by atoms with Crippen LogP contribution in [0.5, 0.6) is 0 Å². The third kappa shape index (κ3) is 1.99. The number of nitrogens with zero attached hydrogens (tertiary/aromatic N) is 1. The van der Waals surface area contributed by atoms with E-state index in [4.69, 9.17) is 0 Å². The van der Waals surface area contributed by atoms with Crippen molar-refractivity contribution in [2.24, 2.45) is 0 Å².